The molecule has 0 radical (unpaired) electrons. The topological polar surface area (TPSA) is 78.2 Å². The fourth-order valence-electron chi connectivity index (χ4n) is 3.85. The summed E-state index contributed by atoms with van der Waals surface area (Å²) in [6.07, 6.45) is 3.44. The first-order valence-electron chi connectivity index (χ1n) is 11.3. The Balaban J connectivity index is 1.45. The summed E-state index contributed by atoms with van der Waals surface area (Å²) in [4.78, 5) is 24.8. The van der Waals surface area contributed by atoms with E-state index in [2.05, 4.69) is 10.4 Å². The molecule has 0 aliphatic heterocycles. The van der Waals surface area contributed by atoms with Crippen LogP contribution in [0, 0.1) is 12.7 Å². The van der Waals surface area contributed by atoms with Gasteiger partial charge in [-0.15, -0.1) is 0 Å². The molecule has 2 aromatic heterocycles. The Morgan fingerprint density at radius 2 is 1.77 bits per heavy atom. The number of nitrogens with zero attached hydrogens (tertiary/aromatic N) is 3. The molecule has 1 N–H and O–H groups in total. The van der Waals surface area contributed by atoms with E-state index in [0.29, 0.717) is 29.9 Å². The Bertz CT molecular complexity index is 1360. The molecule has 0 saturated carbocycles. The van der Waals surface area contributed by atoms with Crippen molar-refractivity contribution in [3.05, 3.63) is 123 Å². The van der Waals surface area contributed by atoms with Crippen LogP contribution in [0.3, 0.4) is 0 Å². The van der Waals surface area contributed by atoms with Crippen molar-refractivity contribution in [3.8, 4) is 0 Å². The van der Waals surface area contributed by atoms with E-state index in [1.165, 1.54) is 12.1 Å². The van der Waals surface area contributed by atoms with Crippen LogP contribution in [-0.2, 0) is 31.0 Å². The van der Waals surface area contributed by atoms with Gasteiger partial charge in [0.05, 0.1) is 25.3 Å². The van der Waals surface area contributed by atoms with E-state index in [0.717, 1.165) is 16.7 Å². The summed E-state index contributed by atoms with van der Waals surface area (Å²) in [5.74, 6) is -0.687. The molecule has 0 bridgehead atoms. The number of pyridine rings is 1. The second-order valence-corrected chi connectivity index (χ2v) is 8.32. The highest BCUT2D eigenvalue weighted by atomic mass is 19.1. The van der Waals surface area contributed by atoms with Gasteiger partial charge in [-0.25, -0.2) is 4.39 Å². The summed E-state index contributed by atoms with van der Waals surface area (Å²) in [5.41, 5.74) is 4.09. The first kappa shape index (κ1) is 24.1. The van der Waals surface area contributed by atoms with Crippen LogP contribution in [0.25, 0.3) is 0 Å². The van der Waals surface area contributed by atoms with Crippen LogP contribution in [0.15, 0.2) is 77.9 Å². The predicted molar refractivity (Wildman–Crippen MR) is 131 cm³/mol. The molecular weight excluding hydrogens is 447 g/mol. The molecule has 0 unspecified atom stereocenters. The number of amides is 1. The number of hydrogen-bond donors (Lipinski definition) is 1. The minimum Gasteiger partial charge on any atom is -0.378 e. The Kier molecular flexibility index (Phi) is 7.52. The van der Waals surface area contributed by atoms with Crippen molar-refractivity contribution in [3.63, 3.8) is 0 Å². The molecule has 0 fully saturated rings. The lowest BCUT2D eigenvalue weighted by Crippen LogP contribution is -2.24. The molecular formula is C27H27FN4O3. The summed E-state index contributed by atoms with van der Waals surface area (Å²) in [6.45, 7) is 3.02. The SMILES string of the molecule is COCc1nn(Cc2ccc(Cn3ccccc3=O)cc2)cc1C(=O)NCc1c(C)cccc1F. The van der Waals surface area contributed by atoms with Crippen LogP contribution >= 0.6 is 0 Å². The Hall–Kier alpha value is -4.04. The first-order chi connectivity index (χ1) is 16.9. The normalized spacial score (nSPS) is 10.9. The van der Waals surface area contributed by atoms with Crippen LogP contribution in [0.2, 0.25) is 0 Å². The molecule has 0 aliphatic carbocycles. The highest BCUT2D eigenvalue weighted by molar-refractivity contribution is 5.95. The number of halogens is 1. The number of aryl methyl sites for hydroxylation is 1. The first-order valence-corrected chi connectivity index (χ1v) is 11.3. The zero-order chi connectivity index (χ0) is 24.8. The quantitative estimate of drug-likeness (QED) is 0.402. The van der Waals surface area contributed by atoms with Crippen molar-refractivity contribution < 1.29 is 13.9 Å². The lowest BCUT2D eigenvalue weighted by molar-refractivity contribution is 0.0945. The van der Waals surface area contributed by atoms with Crippen LogP contribution in [0.1, 0.15) is 38.3 Å². The lowest BCUT2D eigenvalue weighted by atomic mass is 10.1. The lowest BCUT2D eigenvalue weighted by Gasteiger charge is -2.09. The minimum atomic E-state index is -0.348. The largest absolute Gasteiger partial charge is 0.378 e. The monoisotopic (exact) mass is 474 g/mol. The number of carbonyl (C=O) groups excluding carboxylic acids is 1. The average molecular weight is 475 g/mol. The van der Waals surface area contributed by atoms with Crippen LogP contribution in [0.4, 0.5) is 4.39 Å². The van der Waals surface area contributed by atoms with Gasteiger partial charge in [-0.2, -0.15) is 5.10 Å². The summed E-state index contributed by atoms with van der Waals surface area (Å²) in [7, 11) is 1.54. The number of nitrogens with one attached hydrogen (secondary N) is 1. The van der Waals surface area contributed by atoms with E-state index in [1.54, 1.807) is 40.9 Å². The number of carbonyl (C=O) groups is 1. The Morgan fingerprint density at radius 1 is 1.03 bits per heavy atom. The van der Waals surface area contributed by atoms with Crippen molar-refractivity contribution in [2.24, 2.45) is 0 Å². The van der Waals surface area contributed by atoms with Gasteiger partial charge in [0.15, 0.2) is 0 Å². The molecule has 2 aromatic carbocycles. The maximum absolute atomic E-state index is 14.1. The van der Waals surface area contributed by atoms with E-state index in [1.807, 2.05) is 43.3 Å². The molecule has 4 aromatic rings. The maximum Gasteiger partial charge on any atom is 0.255 e. The number of aromatic nitrogens is 3. The maximum atomic E-state index is 14.1. The summed E-state index contributed by atoms with van der Waals surface area (Å²) < 4.78 is 22.7. The van der Waals surface area contributed by atoms with E-state index in [-0.39, 0.29) is 30.4 Å². The summed E-state index contributed by atoms with van der Waals surface area (Å²) in [6, 6.07) is 17.8. The van der Waals surface area contributed by atoms with Crippen molar-refractivity contribution in [1.29, 1.82) is 0 Å². The molecule has 35 heavy (non-hydrogen) atoms. The highest BCUT2D eigenvalue weighted by Crippen LogP contribution is 2.15. The van der Waals surface area contributed by atoms with Gasteiger partial charge in [-0.05, 0) is 35.7 Å². The Labute approximate surface area is 202 Å². The number of hydrogen-bond acceptors (Lipinski definition) is 4. The van der Waals surface area contributed by atoms with E-state index < -0.39 is 0 Å². The molecule has 0 saturated heterocycles. The third-order valence-electron chi connectivity index (χ3n) is 5.76. The predicted octanol–water partition coefficient (Wildman–Crippen LogP) is 3.67. The van der Waals surface area contributed by atoms with Gasteiger partial charge in [-0.3, -0.25) is 14.3 Å². The number of rotatable bonds is 9. The molecule has 8 heteroatoms. The van der Waals surface area contributed by atoms with E-state index >= 15 is 0 Å². The molecule has 180 valence electrons. The smallest absolute Gasteiger partial charge is 0.255 e. The van der Waals surface area contributed by atoms with E-state index in [4.69, 9.17) is 4.74 Å². The van der Waals surface area contributed by atoms with Gasteiger partial charge in [0, 0.05) is 37.7 Å². The average Bonchev–Trinajstić information content (AvgIpc) is 3.24. The van der Waals surface area contributed by atoms with Gasteiger partial charge in [0.25, 0.3) is 11.5 Å². The van der Waals surface area contributed by atoms with Crippen LogP contribution in [-0.4, -0.2) is 27.4 Å². The molecule has 0 atom stereocenters. The summed E-state index contributed by atoms with van der Waals surface area (Å²) in [5, 5.41) is 7.31. The van der Waals surface area contributed by atoms with Gasteiger partial charge >= 0.3 is 0 Å². The third kappa shape index (κ3) is 5.91. The molecule has 2 heterocycles. The third-order valence-corrected chi connectivity index (χ3v) is 5.76. The van der Waals surface area contributed by atoms with Crippen molar-refractivity contribution >= 4 is 5.91 Å². The number of benzene rings is 2. The molecule has 1 amide bonds. The highest BCUT2D eigenvalue weighted by Gasteiger charge is 2.17. The molecule has 4 rings (SSSR count). The Morgan fingerprint density at radius 3 is 2.46 bits per heavy atom. The number of methoxy groups -OCH3 is 1. The van der Waals surface area contributed by atoms with Crippen molar-refractivity contribution in [1.82, 2.24) is 19.7 Å². The van der Waals surface area contributed by atoms with Gasteiger partial charge in [0.2, 0.25) is 0 Å². The fourth-order valence-corrected chi connectivity index (χ4v) is 3.85. The van der Waals surface area contributed by atoms with Gasteiger partial charge in [-0.1, -0.05) is 42.5 Å². The van der Waals surface area contributed by atoms with Gasteiger partial charge in [0.1, 0.15) is 11.5 Å². The van der Waals surface area contributed by atoms with Crippen LogP contribution < -0.4 is 10.9 Å². The van der Waals surface area contributed by atoms with Gasteiger partial charge < -0.3 is 14.6 Å². The standard InChI is InChI=1S/C27H27FN4O3/c1-19-6-5-7-24(28)22(19)14-29-27(34)23-17-32(30-25(23)18-35-2)16-21-11-9-20(10-12-21)15-31-13-4-3-8-26(31)33/h3-13,17H,14-16,18H2,1-2H3,(H,29,34). The second-order valence-electron chi connectivity index (χ2n) is 8.32. The van der Waals surface area contributed by atoms with Crippen molar-refractivity contribution in [2.45, 2.75) is 33.2 Å². The zero-order valence-corrected chi connectivity index (χ0v) is 19.7. The second kappa shape index (κ2) is 10.9. The zero-order valence-electron chi connectivity index (χ0n) is 19.7. The molecule has 0 aliphatic rings. The molecule has 7 nitrogen and oxygen atoms in total. The number of ether oxygens (including phenoxy) is 1. The molecule has 0 spiro atoms. The summed E-state index contributed by atoms with van der Waals surface area (Å²) >= 11 is 0. The van der Waals surface area contributed by atoms with Crippen molar-refractivity contribution in [2.75, 3.05) is 7.11 Å². The van der Waals surface area contributed by atoms with Crippen LogP contribution in [0.5, 0.6) is 0 Å². The van der Waals surface area contributed by atoms with E-state index in [9.17, 15) is 14.0 Å². The minimum absolute atomic E-state index is 0.0465. The fraction of sp³-hybridized carbons (Fsp3) is 0.222.